The van der Waals surface area contributed by atoms with Gasteiger partial charge in [0.15, 0.2) is 9.84 Å². The number of rotatable bonds is 7. The summed E-state index contributed by atoms with van der Waals surface area (Å²) in [4.78, 5) is 14.8. The number of aromatic nitrogens is 1. The van der Waals surface area contributed by atoms with Crippen molar-refractivity contribution in [1.29, 1.82) is 0 Å². The van der Waals surface area contributed by atoms with Gasteiger partial charge in [0.25, 0.3) is 5.91 Å². The van der Waals surface area contributed by atoms with Crippen LogP contribution < -0.4 is 11.1 Å². The second-order valence-corrected chi connectivity index (χ2v) is 9.92. The fourth-order valence-corrected chi connectivity index (χ4v) is 4.72. The predicted octanol–water partition coefficient (Wildman–Crippen LogP) is 3.92. The third-order valence-corrected chi connectivity index (χ3v) is 6.71. The number of sulfone groups is 1. The highest BCUT2D eigenvalue weighted by Crippen LogP contribution is 2.40. The average Bonchev–Trinajstić information content (AvgIpc) is 3.09. The summed E-state index contributed by atoms with van der Waals surface area (Å²) in [6.45, 7) is 1.66. The Balaban J connectivity index is 2.04. The first kappa shape index (κ1) is 23.7. The molecule has 0 aliphatic rings. The van der Waals surface area contributed by atoms with Crippen LogP contribution in [0.5, 0.6) is 0 Å². The molecule has 2 heterocycles. The molecular weight excluding hydrogens is 467 g/mol. The second kappa shape index (κ2) is 8.88. The van der Waals surface area contributed by atoms with Gasteiger partial charge in [0.1, 0.15) is 27.3 Å². The Labute approximate surface area is 185 Å². The summed E-state index contributed by atoms with van der Waals surface area (Å²) in [5.41, 5.74) is 4.88. The van der Waals surface area contributed by atoms with Crippen molar-refractivity contribution in [2.75, 3.05) is 11.6 Å². The minimum Gasteiger partial charge on any atom is -0.388 e. The van der Waals surface area contributed by atoms with E-state index in [0.29, 0.717) is 0 Å². The van der Waals surface area contributed by atoms with Crippen molar-refractivity contribution in [2.24, 2.45) is 5.73 Å². The molecule has 2 aromatic heterocycles. The number of anilines is 2. The summed E-state index contributed by atoms with van der Waals surface area (Å²) in [7, 11) is -3.84. The van der Waals surface area contributed by atoms with Crippen LogP contribution in [-0.4, -0.2) is 30.7 Å². The second-order valence-electron chi connectivity index (χ2n) is 6.88. The molecular formula is C20H18F3N3O4S2. The van der Waals surface area contributed by atoms with Crippen molar-refractivity contribution in [1.82, 2.24) is 4.98 Å². The smallest absolute Gasteiger partial charge is 0.251 e. The van der Waals surface area contributed by atoms with Gasteiger partial charge >= 0.3 is 0 Å². The fourth-order valence-electron chi connectivity index (χ4n) is 2.93. The number of amides is 1. The van der Waals surface area contributed by atoms with Crippen LogP contribution in [0.2, 0.25) is 0 Å². The SMILES string of the molecule is CCC(O)c1cc(F)c(-c2cc(C(N)=O)c(Nc3ccc(S(C)(=O)=O)c(F)n3)s2)c(F)c1. The van der Waals surface area contributed by atoms with E-state index in [1.54, 1.807) is 6.92 Å². The van der Waals surface area contributed by atoms with Crippen molar-refractivity contribution in [3.05, 3.63) is 59.0 Å². The number of halogens is 3. The van der Waals surface area contributed by atoms with Gasteiger partial charge in [-0.05, 0) is 42.3 Å². The highest BCUT2D eigenvalue weighted by molar-refractivity contribution is 7.90. The Morgan fingerprint density at radius 1 is 1.22 bits per heavy atom. The van der Waals surface area contributed by atoms with Crippen molar-refractivity contribution in [2.45, 2.75) is 24.3 Å². The summed E-state index contributed by atoms with van der Waals surface area (Å²) in [5, 5.41) is 12.5. The van der Waals surface area contributed by atoms with E-state index in [4.69, 9.17) is 5.73 Å². The molecule has 32 heavy (non-hydrogen) atoms. The summed E-state index contributed by atoms with van der Waals surface area (Å²) >= 11 is 0.765. The van der Waals surface area contributed by atoms with Crippen LogP contribution in [0, 0.1) is 17.6 Å². The van der Waals surface area contributed by atoms with Crippen LogP contribution in [0.25, 0.3) is 10.4 Å². The topological polar surface area (TPSA) is 122 Å². The summed E-state index contributed by atoms with van der Waals surface area (Å²) < 4.78 is 66.5. The van der Waals surface area contributed by atoms with E-state index < -0.39 is 49.9 Å². The fraction of sp³-hybridized carbons (Fsp3) is 0.200. The van der Waals surface area contributed by atoms with Gasteiger partial charge in [-0.3, -0.25) is 4.79 Å². The van der Waals surface area contributed by atoms with E-state index in [1.807, 2.05) is 0 Å². The Bertz CT molecular complexity index is 1290. The molecule has 3 rings (SSSR count). The predicted molar refractivity (Wildman–Crippen MR) is 114 cm³/mol. The Hall–Kier alpha value is -2.96. The molecule has 0 aliphatic heterocycles. The number of primary amides is 1. The zero-order valence-corrected chi connectivity index (χ0v) is 18.5. The van der Waals surface area contributed by atoms with Gasteiger partial charge in [-0.1, -0.05) is 6.92 Å². The molecule has 4 N–H and O–H groups in total. The van der Waals surface area contributed by atoms with Crippen molar-refractivity contribution in [3.63, 3.8) is 0 Å². The maximum absolute atomic E-state index is 14.7. The highest BCUT2D eigenvalue weighted by Gasteiger charge is 2.22. The lowest BCUT2D eigenvalue weighted by atomic mass is 10.0. The third kappa shape index (κ3) is 4.76. The zero-order chi connectivity index (χ0) is 23.8. The molecule has 1 amide bonds. The molecule has 1 aromatic carbocycles. The number of hydrogen-bond donors (Lipinski definition) is 3. The average molecular weight is 486 g/mol. The van der Waals surface area contributed by atoms with Crippen LogP contribution >= 0.6 is 11.3 Å². The van der Waals surface area contributed by atoms with Crippen LogP contribution in [0.4, 0.5) is 24.0 Å². The molecule has 3 aromatic rings. The van der Waals surface area contributed by atoms with E-state index in [-0.39, 0.29) is 33.2 Å². The molecule has 170 valence electrons. The third-order valence-electron chi connectivity index (χ3n) is 4.54. The maximum Gasteiger partial charge on any atom is 0.251 e. The number of hydrogen-bond acceptors (Lipinski definition) is 7. The van der Waals surface area contributed by atoms with Gasteiger partial charge in [-0.15, -0.1) is 11.3 Å². The lowest BCUT2D eigenvalue weighted by Gasteiger charge is -2.11. The number of carbonyl (C=O) groups is 1. The van der Waals surface area contributed by atoms with Gasteiger partial charge in [-0.25, -0.2) is 22.2 Å². The van der Waals surface area contributed by atoms with Gasteiger partial charge in [0, 0.05) is 11.1 Å². The van der Waals surface area contributed by atoms with E-state index in [1.165, 1.54) is 12.1 Å². The van der Waals surface area contributed by atoms with Crippen molar-refractivity contribution in [3.8, 4) is 10.4 Å². The number of aliphatic hydroxyl groups is 1. The molecule has 1 unspecified atom stereocenters. The van der Waals surface area contributed by atoms with Gasteiger partial charge in [0.2, 0.25) is 5.95 Å². The summed E-state index contributed by atoms with van der Waals surface area (Å²) in [6.07, 6.45) is 0.0505. The lowest BCUT2D eigenvalue weighted by Crippen LogP contribution is -2.12. The molecule has 12 heteroatoms. The van der Waals surface area contributed by atoms with Crippen LogP contribution in [0.15, 0.2) is 35.2 Å². The van der Waals surface area contributed by atoms with Gasteiger partial charge in [0.05, 0.1) is 17.2 Å². The van der Waals surface area contributed by atoms with Crippen LogP contribution in [0.3, 0.4) is 0 Å². The van der Waals surface area contributed by atoms with Gasteiger partial charge in [-0.2, -0.15) is 4.39 Å². The number of carbonyl (C=O) groups excluding carboxylic acids is 1. The summed E-state index contributed by atoms with van der Waals surface area (Å²) in [6, 6.07) is 5.35. The van der Waals surface area contributed by atoms with E-state index in [9.17, 15) is 31.5 Å². The first-order valence-electron chi connectivity index (χ1n) is 9.17. The molecule has 0 radical (unpaired) electrons. The Morgan fingerprint density at radius 2 is 1.84 bits per heavy atom. The number of nitrogens with one attached hydrogen (secondary N) is 1. The maximum atomic E-state index is 14.7. The summed E-state index contributed by atoms with van der Waals surface area (Å²) in [5.74, 6) is -4.21. The molecule has 0 saturated carbocycles. The molecule has 0 spiro atoms. The number of nitrogens with zero attached hydrogens (tertiary/aromatic N) is 1. The highest BCUT2D eigenvalue weighted by atomic mass is 32.2. The first-order chi connectivity index (χ1) is 14.9. The lowest BCUT2D eigenvalue weighted by molar-refractivity contribution is 0.100. The van der Waals surface area contributed by atoms with Crippen molar-refractivity contribution >= 4 is 37.9 Å². The number of aliphatic hydroxyl groups excluding tert-OH is 1. The molecule has 0 saturated heterocycles. The molecule has 0 bridgehead atoms. The number of nitrogens with two attached hydrogens (primary N) is 1. The quantitative estimate of drug-likeness (QED) is 0.436. The number of pyridine rings is 1. The molecule has 7 nitrogen and oxygen atoms in total. The zero-order valence-electron chi connectivity index (χ0n) is 16.8. The van der Waals surface area contributed by atoms with E-state index in [0.717, 1.165) is 35.8 Å². The normalized spacial score (nSPS) is 12.6. The minimum atomic E-state index is -3.84. The Kier molecular flexibility index (Phi) is 6.58. The molecule has 0 fully saturated rings. The standard InChI is InChI=1S/C20H18F3N3O4S2/c1-3-13(27)9-6-11(21)17(12(22)7-9)14-8-10(19(24)28)20(31-14)26-16-5-4-15(18(23)25-16)32(2,29)30/h4-8,13,27H,3H2,1-2H3,(H2,24,28)(H,25,26). The first-order valence-corrected chi connectivity index (χ1v) is 11.9. The molecule has 1 atom stereocenters. The number of benzene rings is 1. The Morgan fingerprint density at radius 3 is 2.34 bits per heavy atom. The van der Waals surface area contributed by atoms with Crippen LogP contribution in [-0.2, 0) is 9.84 Å². The largest absolute Gasteiger partial charge is 0.388 e. The van der Waals surface area contributed by atoms with E-state index >= 15 is 0 Å². The minimum absolute atomic E-state index is 0.0158. The van der Waals surface area contributed by atoms with E-state index in [2.05, 4.69) is 10.3 Å². The molecule has 0 aliphatic carbocycles. The van der Waals surface area contributed by atoms with Gasteiger partial charge < -0.3 is 16.2 Å². The van der Waals surface area contributed by atoms with Crippen LogP contribution in [0.1, 0.15) is 35.4 Å². The van der Waals surface area contributed by atoms with Crippen molar-refractivity contribution < 1.29 is 31.5 Å². The number of thiophene rings is 1. The monoisotopic (exact) mass is 485 g/mol.